The van der Waals surface area contributed by atoms with Crippen molar-refractivity contribution in [3.8, 4) is 0 Å². The summed E-state index contributed by atoms with van der Waals surface area (Å²) in [7, 11) is 1.76. The van der Waals surface area contributed by atoms with Gasteiger partial charge in [0, 0.05) is 37.9 Å². The van der Waals surface area contributed by atoms with Gasteiger partial charge in [0.25, 0.3) is 11.8 Å². The number of rotatable bonds is 5. The Morgan fingerprint density at radius 1 is 1.06 bits per heavy atom. The molecule has 33 heavy (non-hydrogen) atoms. The number of aromatic nitrogens is 3. The van der Waals surface area contributed by atoms with E-state index in [4.69, 9.17) is 0 Å². The smallest absolute Gasteiger partial charge is 0.276 e. The van der Waals surface area contributed by atoms with Crippen LogP contribution in [0.1, 0.15) is 32.8 Å². The molecule has 1 unspecified atom stereocenters. The number of nitrogens with zero attached hydrogens (tertiary/aromatic N) is 4. The number of hydrogen-bond acceptors (Lipinski definition) is 4. The van der Waals surface area contributed by atoms with Gasteiger partial charge in [-0.1, -0.05) is 30.3 Å². The van der Waals surface area contributed by atoms with Crippen LogP contribution in [-0.4, -0.2) is 44.6 Å². The third-order valence-corrected chi connectivity index (χ3v) is 6.17. The summed E-state index contributed by atoms with van der Waals surface area (Å²) in [5.74, 6) is -0.0104. The molecule has 5 rings (SSSR count). The van der Waals surface area contributed by atoms with Gasteiger partial charge in [0.05, 0.1) is 16.8 Å². The molecular weight excluding hydrogens is 414 g/mol. The minimum Gasteiger partial charge on any atom is -0.338 e. The van der Waals surface area contributed by atoms with Crippen molar-refractivity contribution in [2.24, 2.45) is 13.0 Å². The number of hydrogen-bond donors (Lipinski definition) is 1. The molecule has 166 valence electrons. The molecule has 0 radical (unpaired) electrons. The number of para-hydroxylation sites is 1. The average Bonchev–Trinajstić information content (AvgIpc) is 3.48. The summed E-state index contributed by atoms with van der Waals surface area (Å²) in [6, 6.07) is 19.1. The second kappa shape index (κ2) is 8.86. The molecule has 7 nitrogen and oxygen atoms in total. The van der Waals surface area contributed by atoms with E-state index >= 15 is 0 Å². The molecular formula is C26H25N5O2. The molecule has 2 amide bonds. The lowest BCUT2D eigenvalue weighted by Gasteiger charge is -2.19. The fourth-order valence-electron chi connectivity index (χ4n) is 4.51. The van der Waals surface area contributed by atoms with E-state index in [1.165, 1.54) is 10.9 Å². The highest BCUT2D eigenvalue weighted by Gasteiger charge is 2.29. The van der Waals surface area contributed by atoms with Crippen LogP contribution in [0.3, 0.4) is 0 Å². The molecule has 3 heterocycles. The van der Waals surface area contributed by atoms with Crippen LogP contribution in [0, 0.1) is 5.92 Å². The van der Waals surface area contributed by atoms with Crippen LogP contribution in [0.4, 0.5) is 5.69 Å². The molecule has 0 saturated carbocycles. The van der Waals surface area contributed by atoms with Gasteiger partial charge in [-0.3, -0.25) is 19.3 Å². The van der Waals surface area contributed by atoms with Crippen molar-refractivity contribution in [1.82, 2.24) is 19.7 Å². The summed E-state index contributed by atoms with van der Waals surface area (Å²) in [5.41, 5.74) is 3.57. The lowest BCUT2D eigenvalue weighted by Crippen LogP contribution is -2.30. The van der Waals surface area contributed by atoms with Crippen molar-refractivity contribution in [3.05, 3.63) is 89.9 Å². The Hall–Kier alpha value is -4.00. The Kier molecular flexibility index (Phi) is 5.60. The average molecular weight is 440 g/mol. The van der Waals surface area contributed by atoms with Crippen LogP contribution in [0.5, 0.6) is 0 Å². The molecule has 0 bridgehead atoms. The minimum atomic E-state index is -0.334. The van der Waals surface area contributed by atoms with Crippen molar-refractivity contribution in [2.45, 2.75) is 12.8 Å². The lowest BCUT2D eigenvalue weighted by molar-refractivity contribution is 0.0788. The number of amides is 2. The number of fused-ring (bicyclic) bond motifs is 1. The summed E-state index contributed by atoms with van der Waals surface area (Å²) in [6.07, 6.45) is 5.38. The topological polar surface area (TPSA) is 80.1 Å². The summed E-state index contributed by atoms with van der Waals surface area (Å²) < 4.78 is 1.57. The molecule has 1 atom stereocenters. The molecule has 2 aromatic carbocycles. The van der Waals surface area contributed by atoms with E-state index in [1.807, 2.05) is 41.4 Å². The first kappa shape index (κ1) is 20.9. The molecule has 1 aliphatic heterocycles. The van der Waals surface area contributed by atoms with E-state index in [0.717, 1.165) is 18.4 Å². The third kappa shape index (κ3) is 4.35. The van der Waals surface area contributed by atoms with Crippen molar-refractivity contribution >= 4 is 28.4 Å². The fourth-order valence-corrected chi connectivity index (χ4v) is 4.51. The Labute approximate surface area is 192 Å². The number of pyridine rings is 1. The van der Waals surface area contributed by atoms with Gasteiger partial charge >= 0.3 is 0 Å². The monoisotopic (exact) mass is 439 g/mol. The van der Waals surface area contributed by atoms with E-state index in [-0.39, 0.29) is 11.8 Å². The first-order valence-electron chi connectivity index (χ1n) is 11.1. The summed E-state index contributed by atoms with van der Waals surface area (Å²) in [4.78, 5) is 32.3. The quantitative estimate of drug-likeness (QED) is 0.511. The zero-order valence-electron chi connectivity index (χ0n) is 18.4. The van der Waals surface area contributed by atoms with Gasteiger partial charge in [-0.2, -0.15) is 5.10 Å². The standard InChI is InChI=1S/C26H25N5O2/c1-30-14-12-24(29-30)25(32)28-23-9-3-2-7-21(23)26(33)31-15-11-18(17-31)16-19-6-4-10-22-20(19)8-5-13-27-22/h2-10,12-14,18H,11,15-17H2,1H3,(H,28,32). The summed E-state index contributed by atoms with van der Waals surface area (Å²) in [6.45, 7) is 1.40. The third-order valence-electron chi connectivity index (χ3n) is 6.17. The van der Waals surface area contributed by atoms with Crippen molar-refractivity contribution in [2.75, 3.05) is 18.4 Å². The van der Waals surface area contributed by atoms with Gasteiger partial charge in [-0.05, 0) is 54.7 Å². The van der Waals surface area contributed by atoms with E-state index in [1.54, 1.807) is 36.1 Å². The predicted molar refractivity (Wildman–Crippen MR) is 127 cm³/mol. The van der Waals surface area contributed by atoms with Crippen LogP contribution in [0.2, 0.25) is 0 Å². The van der Waals surface area contributed by atoms with Crippen LogP contribution in [0.25, 0.3) is 10.9 Å². The normalized spacial score (nSPS) is 15.7. The number of likely N-dealkylation sites (tertiary alicyclic amines) is 1. The molecule has 7 heteroatoms. The maximum Gasteiger partial charge on any atom is 0.276 e. The number of anilines is 1. The molecule has 1 N–H and O–H groups in total. The Balaban J connectivity index is 1.29. The maximum atomic E-state index is 13.3. The molecule has 0 spiro atoms. The maximum absolute atomic E-state index is 13.3. The van der Waals surface area contributed by atoms with Crippen LogP contribution in [-0.2, 0) is 13.5 Å². The number of nitrogens with one attached hydrogen (secondary N) is 1. The van der Waals surface area contributed by atoms with Gasteiger partial charge in [0.15, 0.2) is 5.69 Å². The Morgan fingerprint density at radius 2 is 1.94 bits per heavy atom. The van der Waals surface area contributed by atoms with Crippen LogP contribution < -0.4 is 5.32 Å². The minimum absolute atomic E-state index is 0.0611. The van der Waals surface area contributed by atoms with E-state index < -0.39 is 0 Å². The molecule has 1 saturated heterocycles. The molecule has 4 aromatic rings. The van der Waals surface area contributed by atoms with Gasteiger partial charge in [0.2, 0.25) is 0 Å². The number of carbonyl (C=O) groups excluding carboxylic acids is 2. The first-order valence-corrected chi connectivity index (χ1v) is 11.1. The molecule has 2 aromatic heterocycles. The van der Waals surface area contributed by atoms with E-state index in [0.29, 0.717) is 36.0 Å². The highest BCUT2D eigenvalue weighted by atomic mass is 16.2. The largest absolute Gasteiger partial charge is 0.338 e. The zero-order chi connectivity index (χ0) is 22.8. The number of benzene rings is 2. The Morgan fingerprint density at radius 3 is 2.79 bits per heavy atom. The predicted octanol–water partition coefficient (Wildman–Crippen LogP) is 3.93. The second-order valence-corrected chi connectivity index (χ2v) is 8.47. The first-order chi connectivity index (χ1) is 16.1. The molecule has 1 fully saturated rings. The SMILES string of the molecule is Cn1ccc(C(=O)Nc2ccccc2C(=O)N2CCC(Cc3cccc4ncccc34)C2)n1. The fraction of sp³-hybridized carbons (Fsp3) is 0.231. The Bertz CT molecular complexity index is 1320. The van der Waals surface area contributed by atoms with Gasteiger partial charge < -0.3 is 10.2 Å². The zero-order valence-corrected chi connectivity index (χ0v) is 18.4. The highest BCUT2D eigenvalue weighted by molar-refractivity contribution is 6.08. The van der Waals surface area contributed by atoms with Gasteiger partial charge in [0.1, 0.15) is 0 Å². The second-order valence-electron chi connectivity index (χ2n) is 8.47. The van der Waals surface area contributed by atoms with E-state index in [2.05, 4.69) is 27.5 Å². The molecule has 0 aliphatic carbocycles. The van der Waals surface area contributed by atoms with Gasteiger partial charge in [-0.15, -0.1) is 0 Å². The summed E-state index contributed by atoms with van der Waals surface area (Å²) in [5, 5.41) is 8.15. The summed E-state index contributed by atoms with van der Waals surface area (Å²) >= 11 is 0. The van der Waals surface area contributed by atoms with Gasteiger partial charge in [-0.25, -0.2) is 0 Å². The van der Waals surface area contributed by atoms with Crippen molar-refractivity contribution in [1.29, 1.82) is 0 Å². The van der Waals surface area contributed by atoms with Crippen molar-refractivity contribution in [3.63, 3.8) is 0 Å². The highest BCUT2D eigenvalue weighted by Crippen LogP contribution is 2.27. The van der Waals surface area contributed by atoms with Crippen LogP contribution >= 0.6 is 0 Å². The number of carbonyl (C=O) groups is 2. The van der Waals surface area contributed by atoms with E-state index in [9.17, 15) is 9.59 Å². The van der Waals surface area contributed by atoms with Crippen LogP contribution in [0.15, 0.2) is 73.1 Å². The number of aryl methyl sites for hydroxylation is 1. The van der Waals surface area contributed by atoms with Crippen molar-refractivity contribution < 1.29 is 9.59 Å². The lowest BCUT2D eigenvalue weighted by atomic mass is 9.96. The molecule has 1 aliphatic rings.